The van der Waals surface area contributed by atoms with Gasteiger partial charge in [0.1, 0.15) is 5.75 Å². The minimum atomic E-state index is 0.196. The average Bonchev–Trinajstić information content (AvgIpc) is 2.51. The number of ether oxygens (including phenoxy) is 1. The molecule has 0 unspecified atom stereocenters. The molecule has 0 spiro atoms. The molecule has 1 amide bonds. The van der Waals surface area contributed by atoms with Crippen LogP contribution in [0.15, 0.2) is 42.5 Å². The minimum absolute atomic E-state index is 0.196. The lowest BCUT2D eigenvalue weighted by molar-refractivity contribution is -0.119. The third kappa shape index (κ3) is 2.77. The Balaban J connectivity index is 1.89. The fraction of sp³-hybridized carbons (Fsp3) is 0.278. The number of nitrogens with zero attached hydrogens (tertiary/aromatic N) is 1. The number of amides is 1. The van der Waals surface area contributed by atoms with Crippen LogP contribution in [0.4, 0.5) is 5.69 Å². The summed E-state index contributed by atoms with van der Waals surface area (Å²) in [5.41, 5.74) is 4.67. The summed E-state index contributed by atoms with van der Waals surface area (Å²) < 4.78 is 5.17. The van der Waals surface area contributed by atoms with E-state index < -0.39 is 0 Å². The number of carbonyl (C=O) groups excluding carboxylic acids is 1. The van der Waals surface area contributed by atoms with Gasteiger partial charge in [0.15, 0.2) is 0 Å². The molecule has 0 aliphatic carbocycles. The second-order valence-corrected chi connectivity index (χ2v) is 5.46. The van der Waals surface area contributed by atoms with E-state index in [1.165, 1.54) is 11.1 Å². The Labute approximate surface area is 125 Å². The summed E-state index contributed by atoms with van der Waals surface area (Å²) in [4.78, 5) is 14.2. The molecule has 0 N–H and O–H groups in total. The summed E-state index contributed by atoms with van der Waals surface area (Å²) in [6.45, 7) is 2.70. The van der Waals surface area contributed by atoms with Gasteiger partial charge in [-0.1, -0.05) is 29.8 Å². The van der Waals surface area contributed by atoms with Crippen molar-refractivity contribution in [3.63, 3.8) is 0 Å². The van der Waals surface area contributed by atoms with Gasteiger partial charge in [0.25, 0.3) is 0 Å². The van der Waals surface area contributed by atoms with Crippen LogP contribution in [0, 0.1) is 6.92 Å². The van der Waals surface area contributed by atoms with Gasteiger partial charge in [-0.25, -0.2) is 0 Å². The van der Waals surface area contributed by atoms with Crippen molar-refractivity contribution in [2.45, 2.75) is 26.3 Å². The number of hydrogen-bond donors (Lipinski definition) is 0. The van der Waals surface area contributed by atoms with Crippen LogP contribution in [-0.2, 0) is 17.8 Å². The molecule has 1 heterocycles. The molecule has 108 valence electrons. The Morgan fingerprint density at radius 3 is 2.57 bits per heavy atom. The molecule has 21 heavy (non-hydrogen) atoms. The van der Waals surface area contributed by atoms with Crippen LogP contribution in [0.1, 0.15) is 23.1 Å². The van der Waals surface area contributed by atoms with E-state index in [0.29, 0.717) is 13.0 Å². The number of methoxy groups -OCH3 is 1. The number of fused-ring (bicyclic) bond motifs is 1. The Morgan fingerprint density at radius 2 is 1.86 bits per heavy atom. The number of anilines is 1. The molecule has 3 nitrogen and oxygen atoms in total. The number of benzene rings is 2. The average molecular weight is 281 g/mol. The van der Waals surface area contributed by atoms with E-state index in [9.17, 15) is 4.79 Å². The fourth-order valence-corrected chi connectivity index (χ4v) is 2.78. The first-order valence-electron chi connectivity index (χ1n) is 7.20. The van der Waals surface area contributed by atoms with Crippen LogP contribution in [-0.4, -0.2) is 13.0 Å². The third-order valence-corrected chi connectivity index (χ3v) is 3.93. The summed E-state index contributed by atoms with van der Waals surface area (Å²) in [5.74, 6) is 1.03. The standard InChI is InChI=1S/C18H19NO2/c1-13-3-9-17-15(11-13)6-10-18(20)19(17)12-14-4-7-16(21-2)8-5-14/h3-5,7-9,11H,6,10,12H2,1-2H3. The van der Waals surface area contributed by atoms with Gasteiger partial charge >= 0.3 is 0 Å². The lowest BCUT2D eigenvalue weighted by atomic mass is 9.98. The molecule has 1 aliphatic heterocycles. The van der Waals surface area contributed by atoms with Crippen LogP contribution >= 0.6 is 0 Å². The van der Waals surface area contributed by atoms with E-state index in [4.69, 9.17) is 4.74 Å². The van der Waals surface area contributed by atoms with Crippen molar-refractivity contribution in [2.75, 3.05) is 12.0 Å². The molecular weight excluding hydrogens is 262 g/mol. The van der Waals surface area contributed by atoms with Crippen LogP contribution in [0.5, 0.6) is 5.75 Å². The Kier molecular flexibility index (Phi) is 3.65. The zero-order valence-corrected chi connectivity index (χ0v) is 12.4. The number of hydrogen-bond acceptors (Lipinski definition) is 2. The van der Waals surface area contributed by atoms with Gasteiger partial charge in [0.05, 0.1) is 13.7 Å². The Hall–Kier alpha value is -2.29. The third-order valence-electron chi connectivity index (χ3n) is 3.93. The second-order valence-electron chi connectivity index (χ2n) is 5.46. The summed E-state index contributed by atoms with van der Waals surface area (Å²) in [6, 6.07) is 14.2. The molecule has 0 bridgehead atoms. The van der Waals surface area contributed by atoms with Crippen LogP contribution < -0.4 is 9.64 Å². The topological polar surface area (TPSA) is 29.5 Å². The highest BCUT2D eigenvalue weighted by Crippen LogP contribution is 2.30. The molecule has 2 aromatic rings. The first-order valence-corrected chi connectivity index (χ1v) is 7.20. The minimum Gasteiger partial charge on any atom is -0.497 e. The van der Waals surface area contributed by atoms with E-state index in [-0.39, 0.29) is 5.91 Å². The highest BCUT2D eigenvalue weighted by atomic mass is 16.5. The maximum atomic E-state index is 12.3. The number of carbonyl (C=O) groups is 1. The van der Waals surface area contributed by atoms with E-state index >= 15 is 0 Å². The Bertz CT molecular complexity index is 661. The van der Waals surface area contributed by atoms with Gasteiger partial charge < -0.3 is 9.64 Å². The molecule has 3 rings (SSSR count). The normalized spacial score (nSPS) is 14.0. The van der Waals surface area contributed by atoms with Crippen molar-refractivity contribution < 1.29 is 9.53 Å². The zero-order chi connectivity index (χ0) is 14.8. The summed E-state index contributed by atoms with van der Waals surface area (Å²) >= 11 is 0. The maximum Gasteiger partial charge on any atom is 0.227 e. The van der Waals surface area contributed by atoms with Gasteiger partial charge in [-0.15, -0.1) is 0 Å². The van der Waals surface area contributed by atoms with Crippen LogP contribution in [0.25, 0.3) is 0 Å². The monoisotopic (exact) mass is 281 g/mol. The van der Waals surface area contributed by atoms with E-state index in [1.807, 2.05) is 29.2 Å². The zero-order valence-electron chi connectivity index (χ0n) is 12.4. The highest BCUT2D eigenvalue weighted by molar-refractivity contribution is 5.96. The lowest BCUT2D eigenvalue weighted by Crippen LogP contribution is -2.34. The first kappa shape index (κ1) is 13.7. The van der Waals surface area contributed by atoms with Crippen LogP contribution in [0.3, 0.4) is 0 Å². The van der Waals surface area contributed by atoms with E-state index in [0.717, 1.165) is 23.4 Å². The number of aryl methyl sites for hydroxylation is 2. The lowest BCUT2D eigenvalue weighted by Gasteiger charge is -2.30. The molecular formula is C18H19NO2. The molecule has 2 aromatic carbocycles. The van der Waals surface area contributed by atoms with E-state index in [2.05, 4.69) is 25.1 Å². The van der Waals surface area contributed by atoms with E-state index in [1.54, 1.807) is 7.11 Å². The molecule has 0 atom stereocenters. The molecule has 0 aromatic heterocycles. The molecule has 0 radical (unpaired) electrons. The van der Waals surface area contributed by atoms with Crippen molar-refractivity contribution >= 4 is 11.6 Å². The predicted molar refractivity (Wildman–Crippen MR) is 83.7 cm³/mol. The summed E-state index contributed by atoms with van der Waals surface area (Å²) in [5, 5.41) is 0. The van der Waals surface area contributed by atoms with Gasteiger partial charge in [0, 0.05) is 12.1 Å². The smallest absolute Gasteiger partial charge is 0.227 e. The molecule has 0 fully saturated rings. The van der Waals surface area contributed by atoms with Gasteiger partial charge in [-0.3, -0.25) is 4.79 Å². The Morgan fingerprint density at radius 1 is 1.10 bits per heavy atom. The summed E-state index contributed by atoms with van der Waals surface area (Å²) in [7, 11) is 1.65. The van der Waals surface area contributed by atoms with Crippen molar-refractivity contribution in [2.24, 2.45) is 0 Å². The van der Waals surface area contributed by atoms with Crippen LogP contribution in [0.2, 0.25) is 0 Å². The molecule has 3 heteroatoms. The van der Waals surface area contributed by atoms with Gasteiger partial charge in [-0.05, 0) is 42.7 Å². The fourth-order valence-electron chi connectivity index (χ4n) is 2.78. The second kappa shape index (κ2) is 5.60. The highest BCUT2D eigenvalue weighted by Gasteiger charge is 2.24. The molecule has 0 saturated carbocycles. The van der Waals surface area contributed by atoms with Gasteiger partial charge in [0.2, 0.25) is 5.91 Å². The van der Waals surface area contributed by atoms with Crippen molar-refractivity contribution in [1.29, 1.82) is 0 Å². The summed E-state index contributed by atoms with van der Waals surface area (Å²) in [6.07, 6.45) is 1.43. The van der Waals surface area contributed by atoms with Crippen molar-refractivity contribution in [1.82, 2.24) is 0 Å². The predicted octanol–water partition coefficient (Wildman–Crippen LogP) is 3.48. The molecule has 1 aliphatic rings. The van der Waals surface area contributed by atoms with Crippen molar-refractivity contribution in [3.05, 3.63) is 59.2 Å². The maximum absolute atomic E-state index is 12.3. The largest absolute Gasteiger partial charge is 0.497 e. The molecule has 0 saturated heterocycles. The first-order chi connectivity index (χ1) is 10.2. The quantitative estimate of drug-likeness (QED) is 0.862. The van der Waals surface area contributed by atoms with Crippen molar-refractivity contribution in [3.8, 4) is 5.75 Å². The number of rotatable bonds is 3. The SMILES string of the molecule is COc1ccc(CN2C(=O)CCc3cc(C)ccc32)cc1. The van der Waals surface area contributed by atoms with Gasteiger partial charge in [-0.2, -0.15) is 0 Å².